The summed E-state index contributed by atoms with van der Waals surface area (Å²) in [5, 5.41) is 9.50. The Morgan fingerprint density at radius 1 is 1.07 bits per heavy atom. The molecule has 2 aliphatic rings. The van der Waals surface area contributed by atoms with Crippen molar-refractivity contribution >= 4 is 35.3 Å². The summed E-state index contributed by atoms with van der Waals surface area (Å²) >= 11 is 7.89. The molecule has 10 heteroatoms. The van der Waals surface area contributed by atoms with Gasteiger partial charge in [0.2, 0.25) is 11.1 Å². The largest absolute Gasteiger partial charge is 0.490 e. The van der Waals surface area contributed by atoms with Crippen LogP contribution in [0.15, 0.2) is 58.9 Å². The third-order valence-corrected chi connectivity index (χ3v) is 9.04. The van der Waals surface area contributed by atoms with Crippen LogP contribution in [0.1, 0.15) is 89.3 Å². The van der Waals surface area contributed by atoms with Gasteiger partial charge in [0.05, 0.1) is 18.8 Å². The number of nitrogens with zero attached hydrogens (tertiary/aromatic N) is 3. The minimum absolute atomic E-state index is 0.0704. The maximum atomic E-state index is 13.8. The van der Waals surface area contributed by atoms with Crippen LogP contribution in [-0.2, 0) is 15.3 Å². The maximum absolute atomic E-state index is 13.8. The van der Waals surface area contributed by atoms with Gasteiger partial charge in [-0.2, -0.15) is 4.98 Å². The molecule has 8 nitrogen and oxygen atoms in total. The maximum Gasteiger partial charge on any atom is 0.338 e. The molecule has 0 amide bonds. The molecule has 0 radical (unpaired) electrons. The number of halogens is 1. The van der Waals surface area contributed by atoms with E-state index >= 15 is 0 Å². The number of benzene rings is 2. The lowest BCUT2D eigenvalue weighted by Gasteiger charge is -2.30. The van der Waals surface area contributed by atoms with E-state index in [2.05, 4.69) is 12.2 Å². The van der Waals surface area contributed by atoms with Crippen LogP contribution in [0.3, 0.4) is 0 Å². The van der Waals surface area contributed by atoms with E-state index in [4.69, 9.17) is 35.9 Å². The SMILES string of the molecule is CCCCCOc1ccc(C2C(C(=O)OC3CCCCC3)=C(C)Nc3nc(SCc4ccccc4Cl)nn32)cc1OCC. The predicted octanol–water partition coefficient (Wildman–Crippen LogP) is 8.36. The lowest BCUT2D eigenvalue weighted by Crippen LogP contribution is -2.32. The Bertz CT molecular complexity index is 1440. The molecule has 2 aromatic carbocycles. The van der Waals surface area contributed by atoms with Crippen molar-refractivity contribution < 1.29 is 19.0 Å². The van der Waals surface area contributed by atoms with Crippen molar-refractivity contribution in [2.75, 3.05) is 18.5 Å². The molecule has 5 rings (SSSR count). The van der Waals surface area contributed by atoms with Crippen molar-refractivity contribution in [2.24, 2.45) is 0 Å². The summed E-state index contributed by atoms with van der Waals surface area (Å²) in [6.07, 6.45) is 8.28. The fraction of sp³-hybridized carbons (Fsp3) is 0.485. The van der Waals surface area contributed by atoms with Gasteiger partial charge in [0.15, 0.2) is 11.5 Å². The first-order valence-corrected chi connectivity index (χ1v) is 16.8. The van der Waals surface area contributed by atoms with E-state index in [0.29, 0.717) is 57.9 Å². The van der Waals surface area contributed by atoms with Crippen LogP contribution < -0.4 is 14.8 Å². The van der Waals surface area contributed by atoms with Gasteiger partial charge >= 0.3 is 5.97 Å². The van der Waals surface area contributed by atoms with Gasteiger partial charge < -0.3 is 19.5 Å². The van der Waals surface area contributed by atoms with E-state index in [-0.39, 0.29) is 12.1 Å². The molecule has 43 heavy (non-hydrogen) atoms. The zero-order valence-corrected chi connectivity index (χ0v) is 26.8. The number of unbranched alkanes of at least 4 members (excludes halogenated alkanes) is 2. The minimum Gasteiger partial charge on any atom is -0.490 e. The zero-order chi connectivity index (χ0) is 30.2. The number of esters is 1. The summed E-state index contributed by atoms with van der Waals surface area (Å²) in [6.45, 7) is 7.13. The Hall–Kier alpha value is -3.17. The topological polar surface area (TPSA) is 87.5 Å². The average Bonchev–Trinajstić information content (AvgIpc) is 3.41. The van der Waals surface area contributed by atoms with Gasteiger partial charge in [0, 0.05) is 16.5 Å². The molecule has 1 unspecified atom stereocenters. The van der Waals surface area contributed by atoms with Gasteiger partial charge in [0.25, 0.3) is 0 Å². The van der Waals surface area contributed by atoms with E-state index in [9.17, 15) is 4.79 Å². The Kier molecular flexibility index (Phi) is 10.9. The summed E-state index contributed by atoms with van der Waals surface area (Å²) in [6, 6.07) is 13.1. The number of hydrogen-bond donors (Lipinski definition) is 1. The van der Waals surface area contributed by atoms with E-state index < -0.39 is 6.04 Å². The van der Waals surface area contributed by atoms with Crippen molar-refractivity contribution in [2.45, 2.75) is 95.2 Å². The first kappa shape index (κ1) is 31.3. The van der Waals surface area contributed by atoms with Crippen LogP contribution in [0.4, 0.5) is 5.95 Å². The monoisotopic (exact) mass is 624 g/mol. The fourth-order valence-corrected chi connectivity index (χ4v) is 6.65. The summed E-state index contributed by atoms with van der Waals surface area (Å²) in [4.78, 5) is 18.6. The molecule has 0 saturated heterocycles. The van der Waals surface area contributed by atoms with E-state index in [1.165, 1.54) is 18.2 Å². The minimum atomic E-state index is -0.553. The van der Waals surface area contributed by atoms with E-state index in [1.54, 1.807) is 4.68 Å². The van der Waals surface area contributed by atoms with Gasteiger partial charge in [0.1, 0.15) is 12.1 Å². The van der Waals surface area contributed by atoms with Crippen molar-refractivity contribution in [1.82, 2.24) is 14.8 Å². The Labute approximate surface area is 263 Å². The molecule has 0 spiro atoms. The number of allylic oxidation sites excluding steroid dienone is 1. The second kappa shape index (κ2) is 15.0. The molecule has 3 aromatic rings. The number of hydrogen-bond acceptors (Lipinski definition) is 8. The van der Waals surface area contributed by atoms with E-state index in [1.807, 2.05) is 56.3 Å². The highest BCUT2D eigenvalue weighted by atomic mass is 35.5. The molecule has 1 aromatic heterocycles. The highest BCUT2D eigenvalue weighted by Gasteiger charge is 2.37. The van der Waals surface area contributed by atoms with Gasteiger partial charge in [-0.25, -0.2) is 9.48 Å². The smallest absolute Gasteiger partial charge is 0.338 e. The zero-order valence-electron chi connectivity index (χ0n) is 25.2. The lowest BCUT2D eigenvalue weighted by atomic mass is 9.94. The number of fused-ring (bicyclic) bond motifs is 1. The summed E-state index contributed by atoms with van der Waals surface area (Å²) < 4.78 is 20.0. The van der Waals surface area contributed by atoms with Crippen molar-refractivity contribution in [3.8, 4) is 11.5 Å². The van der Waals surface area contributed by atoms with Crippen LogP contribution in [0.25, 0.3) is 0 Å². The quantitative estimate of drug-likeness (QED) is 0.115. The lowest BCUT2D eigenvalue weighted by molar-refractivity contribution is -0.146. The summed E-state index contributed by atoms with van der Waals surface area (Å²) in [5.74, 6) is 2.19. The number of carbonyl (C=O) groups excluding carboxylic acids is 1. The Balaban J connectivity index is 1.48. The molecule has 0 bridgehead atoms. The predicted molar refractivity (Wildman–Crippen MR) is 171 cm³/mol. The molecular formula is C33H41ClN4O4S. The van der Waals surface area contributed by atoms with Crippen LogP contribution in [0, 0.1) is 0 Å². The van der Waals surface area contributed by atoms with Gasteiger partial charge in [-0.3, -0.25) is 0 Å². The van der Waals surface area contributed by atoms with Crippen molar-refractivity contribution in [1.29, 1.82) is 0 Å². The molecular weight excluding hydrogens is 584 g/mol. The second-order valence-corrected chi connectivity index (χ2v) is 12.3. The highest BCUT2D eigenvalue weighted by Crippen LogP contribution is 2.41. The molecule has 1 fully saturated rings. The first-order valence-electron chi connectivity index (χ1n) is 15.4. The third kappa shape index (κ3) is 7.68. The standard InChI is InChI=1S/C33H41ClN4O4S/c1-4-6-12-19-41-27-18-17-23(20-28(27)40-5-2)30-29(31(39)42-25-14-8-7-9-15-25)22(3)35-32-36-33(37-38(30)32)43-21-24-13-10-11-16-26(24)34/h10-11,13,16-18,20,25,30H,4-9,12,14-15,19,21H2,1-3H3,(H,35,36,37). The number of aromatic nitrogens is 3. The van der Waals surface area contributed by atoms with Crippen LogP contribution in [-0.4, -0.2) is 40.1 Å². The van der Waals surface area contributed by atoms with Crippen molar-refractivity contribution in [3.05, 3.63) is 69.9 Å². The fourth-order valence-electron chi connectivity index (χ4n) is 5.54. The van der Waals surface area contributed by atoms with Gasteiger partial charge in [-0.05, 0) is 75.3 Å². The van der Waals surface area contributed by atoms with Crippen LogP contribution in [0.2, 0.25) is 5.02 Å². The number of rotatable bonds is 13. The van der Waals surface area contributed by atoms with Crippen LogP contribution >= 0.6 is 23.4 Å². The molecule has 1 saturated carbocycles. The Morgan fingerprint density at radius 2 is 1.88 bits per heavy atom. The molecule has 230 valence electrons. The molecule has 1 atom stereocenters. The van der Waals surface area contributed by atoms with Crippen LogP contribution in [0.5, 0.6) is 11.5 Å². The normalized spacial score (nSPS) is 16.9. The Morgan fingerprint density at radius 3 is 2.65 bits per heavy atom. The van der Waals surface area contributed by atoms with Gasteiger partial charge in [-0.15, -0.1) is 5.10 Å². The van der Waals surface area contributed by atoms with Gasteiger partial charge in [-0.1, -0.05) is 73.8 Å². The third-order valence-electron chi connectivity index (χ3n) is 7.78. The number of thioether (sulfide) groups is 1. The van der Waals surface area contributed by atoms with Crippen molar-refractivity contribution in [3.63, 3.8) is 0 Å². The number of nitrogens with one attached hydrogen (secondary N) is 1. The highest BCUT2D eigenvalue weighted by molar-refractivity contribution is 7.98. The second-order valence-electron chi connectivity index (χ2n) is 11.0. The number of anilines is 1. The molecule has 2 heterocycles. The van der Waals surface area contributed by atoms with E-state index in [0.717, 1.165) is 56.1 Å². The first-order chi connectivity index (χ1) is 21.0. The summed E-state index contributed by atoms with van der Waals surface area (Å²) in [7, 11) is 0. The number of ether oxygens (including phenoxy) is 3. The number of carbonyl (C=O) groups is 1. The average molecular weight is 625 g/mol. The molecule has 1 N–H and O–H groups in total. The summed E-state index contributed by atoms with van der Waals surface area (Å²) in [5.41, 5.74) is 3.07. The molecule has 1 aliphatic carbocycles. The molecule has 1 aliphatic heterocycles.